The van der Waals surface area contributed by atoms with E-state index in [1.54, 1.807) is 17.0 Å². The molecule has 2 amide bonds. The van der Waals surface area contributed by atoms with Crippen molar-refractivity contribution in [2.24, 2.45) is 0 Å². The molecule has 0 saturated carbocycles. The third kappa shape index (κ3) is 5.54. The van der Waals surface area contributed by atoms with Crippen molar-refractivity contribution in [1.29, 1.82) is 0 Å². The maximum atomic E-state index is 13.0. The second kappa shape index (κ2) is 9.94. The van der Waals surface area contributed by atoms with Gasteiger partial charge in [-0.05, 0) is 29.8 Å². The van der Waals surface area contributed by atoms with Crippen LogP contribution in [0.25, 0.3) is 0 Å². The summed E-state index contributed by atoms with van der Waals surface area (Å²) in [4.78, 5) is 32.8. The van der Waals surface area contributed by atoms with Gasteiger partial charge in [0.05, 0.1) is 5.56 Å². The van der Waals surface area contributed by atoms with Gasteiger partial charge in [0.25, 0.3) is 11.8 Å². The molecule has 0 atom stereocenters. The largest absolute Gasteiger partial charge is 0.473 e. The van der Waals surface area contributed by atoms with Crippen LogP contribution in [0.1, 0.15) is 31.8 Å². The summed E-state index contributed by atoms with van der Waals surface area (Å²) in [7, 11) is 0. The topological polar surface area (TPSA) is 62.7 Å². The molecule has 176 valence electrons. The molecule has 2 heterocycles. The standard InChI is InChI=1S/C25H22F3N3O3/c26-25(27,28)21-8-4-7-19(15-21)23(32)30-11-13-31(14-12-30)24(33)20-9-10-29-22(16-20)34-17-18-5-2-1-3-6-18/h1-10,15-16H,11-14,17H2. The monoisotopic (exact) mass is 469 g/mol. The van der Waals surface area contributed by atoms with Gasteiger partial charge in [-0.25, -0.2) is 4.98 Å². The Hall–Kier alpha value is -3.88. The minimum atomic E-state index is -4.52. The van der Waals surface area contributed by atoms with Gasteiger partial charge in [0.15, 0.2) is 0 Å². The Kier molecular flexibility index (Phi) is 6.81. The van der Waals surface area contributed by atoms with Crippen LogP contribution in [0.2, 0.25) is 0 Å². The lowest BCUT2D eigenvalue weighted by Gasteiger charge is -2.35. The Labute approximate surface area is 194 Å². The number of benzene rings is 2. The van der Waals surface area contributed by atoms with Crippen molar-refractivity contribution >= 4 is 11.8 Å². The van der Waals surface area contributed by atoms with Crippen molar-refractivity contribution in [2.75, 3.05) is 26.2 Å². The van der Waals surface area contributed by atoms with E-state index in [4.69, 9.17) is 4.74 Å². The van der Waals surface area contributed by atoms with Crippen LogP contribution in [0.3, 0.4) is 0 Å². The van der Waals surface area contributed by atoms with Gasteiger partial charge in [0.2, 0.25) is 5.88 Å². The zero-order chi connectivity index (χ0) is 24.1. The molecule has 4 rings (SSSR count). The molecule has 0 spiro atoms. The zero-order valence-corrected chi connectivity index (χ0v) is 18.2. The van der Waals surface area contributed by atoms with E-state index in [0.29, 0.717) is 18.1 Å². The van der Waals surface area contributed by atoms with Gasteiger partial charge in [0.1, 0.15) is 6.61 Å². The molecule has 0 unspecified atom stereocenters. The summed E-state index contributed by atoms with van der Waals surface area (Å²) in [5, 5.41) is 0. The number of halogens is 3. The van der Waals surface area contributed by atoms with Crippen LogP contribution in [0.5, 0.6) is 5.88 Å². The van der Waals surface area contributed by atoms with Crippen LogP contribution in [-0.2, 0) is 12.8 Å². The summed E-state index contributed by atoms with van der Waals surface area (Å²) in [5.74, 6) is -0.384. The lowest BCUT2D eigenvalue weighted by atomic mass is 10.1. The number of aromatic nitrogens is 1. The first kappa shape index (κ1) is 23.3. The summed E-state index contributed by atoms with van der Waals surface area (Å²) in [6.07, 6.45) is -3.02. The number of alkyl halides is 3. The van der Waals surface area contributed by atoms with E-state index in [2.05, 4.69) is 4.98 Å². The minimum Gasteiger partial charge on any atom is -0.473 e. The molecule has 9 heteroatoms. The summed E-state index contributed by atoms with van der Waals surface area (Å²) in [5.41, 5.74) is 0.498. The highest BCUT2D eigenvalue weighted by molar-refractivity contribution is 5.96. The van der Waals surface area contributed by atoms with Gasteiger partial charge in [-0.15, -0.1) is 0 Å². The lowest BCUT2D eigenvalue weighted by molar-refractivity contribution is -0.137. The predicted molar refractivity (Wildman–Crippen MR) is 118 cm³/mol. The van der Waals surface area contributed by atoms with Crippen LogP contribution in [0, 0.1) is 0 Å². The van der Waals surface area contributed by atoms with Crippen molar-refractivity contribution in [3.63, 3.8) is 0 Å². The van der Waals surface area contributed by atoms with E-state index >= 15 is 0 Å². The van der Waals surface area contributed by atoms with E-state index in [9.17, 15) is 22.8 Å². The molecule has 2 aromatic carbocycles. The number of amides is 2. The second-order valence-electron chi connectivity index (χ2n) is 7.82. The summed E-state index contributed by atoms with van der Waals surface area (Å²) in [6, 6.07) is 17.1. The van der Waals surface area contributed by atoms with Gasteiger partial charge in [-0.2, -0.15) is 13.2 Å². The molecule has 6 nitrogen and oxygen atoms in total. The Morgan fingerprint density at radius 2 is 1.44 bits per heavy atom. The molecule has 1 aliphatic heterocycles. The van der Waals surface area contributed by atoms with E-state index in [-0.39, 0.29) is 37.6 Å². The zero-order valence-electron chi connectivity index (χ0n) is 18.2. The fraction of sp³-hybridized carbons (Fsp3) is 0.240. The van der Waals surface area contributed by atoms with Gasteiger partial charge in [0, 0.05) is 49.6 Å². The van der Waals surface area contributed by atoms with Crippen molar-refractivity contribution in [2.45, 2.75) is 12.8 Å². The molecule has 0 bridgehead atoms. The lowest BCUT2D eigenvalue weighted by Crippen LogP contribution is -2.50. The average molecular weight is 469 g/mol. The molecule has 1 aromatic heterocycles. The normalized spacial score (nSPS) is 14.1. The summed E-state index contributed by atoms with van der Waals surface area (Å²) in [6.45, 7) is 1.31. The highest BCUT2D eigenvalue weighted by Gasteiger charge is 2.32. The SMILES string of the molecule is O=C(c1cccc(C(F)(F)F)c1)N1CCN(C(=O)c2ccnc(OCc3ccccc3)c2)CC1. The van der Waals surface area contributed by atoms with Crippen LogP contribution in [-0.4, -0.2) is 52.8 Å². The molecular weight excluding hydrogens is 447 g/mol. The number of rotatable bonds is 5. The molecule has 1 aliphatic rings. The highest BCUT2D eigenvalue weighted by Crippen LogP contribution is 2.30. The molecule has 34 heavy (non-hydrogen) atoms. The molecule has 0 aliphatic carbocycles. The van der Waals surface area contributed by atoms with E-state index in [1.807, 2.05) is 30.3 Å². The minimum absolute atomic E-state index is 0.0241. The van der Waals surface area contributed by atoms with E-state index in [0.717, 1.165) is 17.7 Å². The average Bonchev–Trinajstić information content (AvgIpc) is 2.87. The number of hydrogen-bond acceptors (Lipinski definition) is 4. The van der Waals surface area contributed by atoms with Crippen molar-refractivity contribution in [1.82, 2.24) is 14.8 Å². The quantitative estimate of drug-likeness (QED) is 0.560. The molecule has 3 aromatic rings. The molecular formula is C25H22F3N3O3. The second-order valence-corrected chi connectivity index (χ2v) is 7.82. The number of hydrogen-bond donors (Lipinski definition) is 0. The Morgan fingerprint density at radius 3 is 2.06 bits per heavy atom. The van der Waals surface area contributed by atoms with Crippen molar-refractivity contribution in [3.05, 3.63) is 95.2 Å². The number of nitrogens with zero attached hydrogens (tertiary/aromatic N) is 3. The number of carbonyl (C=O) groups excluding carboxylic acids is 2. The molecule has 1 fully saturated rings. The molecule has 0 N–H and O–H groups in total. The Bertz CT molecular complexity index is 1160. The maximum absolute atomic E-state index is 13.0. The predicted octanol–water partition coefficient (Wildman–Crippen LogP) is 4.28. The fourth-order valence-corrected chi connectivity index (χ4v) is 3.66. The molecule has 1 saturated heterocycles. The number of piperazine rings is 1. The summed E-state index contributed by atoms with van der Waals surface area (Å²) >= 11 is 0. The Morgan fingerprint density at radius 1 is 0.824 bits per heavy atom. The maximum Gasteiger partial charge on any atom is 0.416 e. The van der Waals surface area contributed by atoms with Crippen LogP contribution < -0.4 is 4.74 Å². The fourth-order valence-electron chi connectivity index (χ4n) is 3.66. The third-order valence-electron chi connectivity index (χ3n) is 5.50. The highest BCUT2D eigenvalue weighted by atomic mass is 19.4. The van der Waals surface area contributed by atoms with Gasteiger partial charge >= 0.3 is 6.18 Å². The van der Waals surface area contributed by atoms with E-state index in [1.165, 1.54) is 23.2 Å². The van der Waals surface area contributed by atoms with Crippen LogP contribution in [0.4, 0.5) is 13.2 Å². The van der Waals surface area contributed by atoms with Gasteiger partial charge < -0.3 is 14.5 Å². The number of pyridine rings is 1. The smallest absolute Gasteiger partial charge is 0.416 e. The van der Waals surface area contributed by atoms with Crippen molar-refractivity contribution in [3.8, 4) is 5.88 Å². The molecule has 0 radical (unpaired) electrons. The van der Waals surface area contributed by atoms with Crippen molar-refractivity contribution < 1.29 is 27.5 Å². The third-order valence-corrected chi connectivity index (χ3v) is 5.50. The first-order valence-electron chi connectivity index (χ1n) is 10.7. The number of carbonyl (C=O) groups is 2. The van der Waals surface area contributed by atoms with Crippen LogP contribution >= 0.6 is 0 Å². The van der Waals surface area contributed by atoms with Gasteiger partial charge in [-0.3, -0.25) is 9.59 Å². The summed E-state index contributed by atoms with van der Waals surface area (Å²) < 4.78 is 44.6. The van der Waals surface area contributed by atoms with Crippen LogP contribution in [0.15, 0.2) is 72.9 Å². The van der Waals surface area contributed by atoms with Gasteiger partial charge in [-0.1, -0.05) is 36.4 Å². The first-order chi connectivity index (χ1) is 16.3. The first-order valence-corrected chi connectivity index (χ1v) is 10.7. The van der Waals surface area contributed by atoms with E-state index < -0.39 is 17.6 Å². The number of ether oxygens (including phenoxy) is 1. The Balaban J connectivity index is 1.35.